The van der Waals surface area contributed by atoms with Crippen LogP contribution in [0.5, 0.6) is 0 Å². The molecule has 0 amide bonds. The van der Waals surface area contributed by atoms with E-state index >= 15 is 0 Å². The molecule has 1 rings (SSSR count). The van der Waals surface area contributed by atoms with Crippen molar-refractivity contribution in [1.82, 2.24) is 0 Å². The van der Waals surface area contributed by atoms with Gasteiger partial charge in [0, 0.05) is 6.61 Å². The predicted molar refractivity (Wildman–Crippen MR) is 127 cm³/mol. The van der Waals surface area contributed by atoms with E-state index in [0.29, 0.717) is 6.61 Å². The molecule has 3 N–H and O–H groups in total. The fraction of sp³-hybridized carbons (Fsp3) is 0.923. The molecule has 1 aliphatic rings. The van der Waals surface area contributed by atoms with Gasteiger partial charge in [0.1, 0.15) is 24.4 Å². The number of rotatable bonds is 21. The van der Waals surface area contributed by atoms with E-state index in [4.69, 9.17) is 14.6 Å². The number of hydrogen-bond acceptors (Lipinski definition) is 5. The molecule has 1 aliphatic heterocycles. The molecule has 0 aromatic rings. The lowest BCUT2D eigenvalue weighted by Crippen LogP contribution is -2.41. The molecular weight excluding hydrogens is 392 g/mol. The first-order chi connectivity index (χ1) is 15.2. The highest BCUT2D eigenvalue weighted by molar-refractivity contribution is 4.88. The number of ether oxygens (including phenoxy) is 2. The lowest BCUT2D eigenvalue weighted by atomic mass is 10.1. The first-order valence-corrected chi connectivity index (χ1v) is 13.1. The van der Waals surface area contributed by atoms with Crippen LogP contribution in [0.2, 0.25) is 0 Å². The summed E-state index contributed by atoms with van der Waals surface area (Å²) in [4.78, 5) is 0. The molecule has 5 heteroatoms. The second-order valence-electron chi connectivity index (χ2n) is 9.09. The smallest absolute Gasteiger partial charge is 0.114 e. The van der Waals surface area contributed by atoms with Gasteiger partial charge in [0.25, 0.3) is 0 Å². The summed E-state index contributed by atoms with van der Waals surface area (Å²) in [6.45, 7) is 2.74. The summed E-state index contributed by atoms with van der Waals surface area (Å²) in [7, 11) is 0. The Morgan fingerprint density at radius 1 is 0.839 bits per heavy atom. The van der Waals surface area contributed by atoms with E-state index in [2.05, 4.69) is 19.1 Å². The van der Waals surface area contributed by atoms with Gasteiger partial charge in [-0.1, -0.05) is 89.7 Å². The lowest BCUT2D eigenvalue weighted by molar-refractivity contribution is -0.0730. The molecule has 1 heterocycles. The van der Waals surface area contributed by atoms with E-state index in [0.717, 1.165) is 12.8 Å². The highest BCUT2D eigenvalue weighted by atomic mass is 16.6. The normalized spacial score (nSPS) is 22.5. The van der Waals surface area contributed by atoms with Crippen LogP contribution in [-0.2, 0) is 9.47 Å². The Kier molecular flexibility index (Phi) is 18.6. The van der Waals surface area contributed by atoms with E-state index in [1.165, 1.54) is 89.9 Å². The van der Waals surface area contributed by atoms with Crippen molar-refractivity contribution >= 4 is 0 Å². The van der Waals surface area contributed by atoms with Gasteiger partial charge in [-0.25, -0.2) is 0 Å². The van der Waals surface area contributed by atoms with Crippen LogP contribution < -0.4 is 0 Å². The third kappa shape index (κ3) is 14.3. The molecule has 0 radical (unpaired) electrons. The summed E-state index contributed by atoms with van der Waals surface area (Å²) in [6, 6.07) is 0. The fourth-order valence-electron chi connectivity index (χ4n) is 4.14. The zero-order valence-electron chi connectivity index (χ0n) is 20.1. The molecule has 0 saturated carbocycles. The maximum atomic E-state index is 10.1. The first kappa shape index (κ1) is 28.6. The minimum absolute atomic E-state index is 0.276. The molecule has 5 nitrogen and oxygen atoms in total. The zero-order valence-corrected chi connectivity index (χ0v) is 20.1. The van der Waals surface area contributed by atoms with Gasteiger partial charge in [-0.15, -0.1) is 0 Å². The monoisotopic (exact) mass is 442 g/mol. The van der Waals surface area contributed by atoms with Crippen molar-refractivity contribution in [1.29, 1.82) is 0 Å². The van der Waals surface area contributed by atoms with Crippen LogP contribution in [0, 0.1) is 0 Å². The molecule has 4 atom stereocenters. The van der Waals surface area contributed by atoms with Crippen LogP contribution in [0.25, 0.3) is 0 Å². The minimum atomic E-state index is -1.05. The molecule has 0 unspecified atom stereocenters. The number of aliphatic hydroxyl groups excluding tert-OH is 3. The van der Waals surface area contributed by atoms with Crippen molar-refractivity contribution in [3.8, 4) is 0 Å². The Bertz CT molecular complexity index is 415. The van der Waals surface area contributed by atoms with Crippen LogP contribution in [0.3, 0.4) is 0 Å². The highest BCUT2D eigenvalue weighted by Crippen LogP contribution is 2.20. The summed E-state index contributed by atoms with van der Waals surface area (Å²) in [5.74, 6) is 0. The first-order valence-electron chi connectivity index (χ1n) is 13.1. The Hall–Kier alpha value is -0.460. The van der Waals surface area contributed by atoms with Gasteiger partial charge in [0.15, 0.2) is 0 Å². The van der Waals surface area contributed by atoms with Crippen LogP contribution in [-0.4, -0.2) is 59.6 Å². The maximum Gasteiger partial charge on any atom is 0.114 e. The van der Waals surface area contributed by atoms with Crippen LogP contribution in [0.1, 0.15) is 110 Å². The topological polar surface area (TPSA) is 79.2 Å². The predicted octanol–water partition coefficient (Wildman–Crippen LogP) is 5.30. The van der Waals surface area contributed by atoms with E-state index in [-0.39, 0.29) is 6.61 Å². The Labute approximate surface area is 191 Å². The van der Waals surface area contributed by atoms with Crippen molar-refractivity contribution in [2.45, 2.75) is 134 Å². The molecule has 1 fully saturated rings. The highest BCUT2D eigenvalue weighted by Gasteiger charge is 2.40. The van der Waals surface area contributed by atoms with Crippen molar-refractivity contribution in [2.75, 3.05) is 19.8 Å². The SMILES string of the molecule is CCCCCCC/C=C/CCCCCCCCCCCO[C@@H]1CO[C@H]([C@@H](O)CO)[C@@H]1O. The average Bonchev–Trinajstić information content (AvgIpc) is 3.15. The van der Waals surface area contributed by atoms with Gasteiger partial charge < -0.3 is 24.8 Å². The maximum absolute atomic E-state index is 10.1. The number of allylic oxidation sites excluding steroid dienone is 2. The Morgan fingerprint density at radius 3 is 1.90 bits per heavy atom. The van der Waals surface area contributed by atoms with E-state index in [1.54, 1.807) is 0 Å². The summed E-state index contributed by atoms with van der Waals surface area (Å²) in [5, 5.41) is 28.6. The average molecular weight is 443 g/mol. The van der Waals surface area contributed by atoms with Gasteiger partial charge >= 0.3 is 0 Å². The van der Waals surface area contributed by atoms with E-state index < -0.39 is 31.0 Å². The zero-order chi connectivity index (χ0) is 22.6. The van der Waals surface area contributed by atoms with Crippen molar-refractivity contribution in [2.24, 2.45) is 0 Å². The molecule has 0 spiro atoms. The molecule has 0 bridgehead atoms. The quantitative estimate of drug-likeness (QED) is 0.166. The van der Waals surface area contributed by atoms with Gasteiger partial charge in [-0.2, -0.15) is 0 Å². The number of hydrogen-bond donors (Lipinski definition) is 3. The van der Waals surface area contributed by atoms with Crippen molar-refractivity contribution in [3.63, 3.8) is 0 Å². The molecule has 0 aromatic heterocycles. The number of aliphatic hydroxyl groups is 3. The van der Waals surface area contributed by atoms with Crippen molar-refractivity contribution in [3.05, 3.63) is 12.2 Å². The van der Waals surface area contributed by atoms with Gasteiger partial charge in [-0.3, -0.25) is 0 Å². The standard InChI is InChI=1S/C26H50O5/c1-2-3-4-5-6-7-8-9-10-11-12-13-14-15-16-17-18-19-20-30-24-22-31-26(25(24)29)23(28)21-27/h8-9,23-29H,2-7,10-22H2,1H3/b9-8+/t23-,24+,25+,26+/m0/s1. The summed E-state index contributed by atoms with van der Waals surface area (Å²) < 4.78 is 11.0. The largest absolute Gasteiger partial charge is 0.394 e. The molecular formula is C26H50O5. The van der Waals surface area contributed by atoms with Gasteiger partial charge in [0.2, 0.25) is 0 Å². The third-order valence-corrected chi connectivity index (χ3v) is 6.22. The second-order valence-corrected chi connectivity index (χ2v) is 9.09. The molecule has 31 heavy (non-hydrogen) atoms. The molecule has 1 saturated heterocycles. The Balaban J connectivity index is 1.79. The third-order valence-electron chi connectivity index (χ3n) is 6.22. The summed E-state index contributed by atoms with van der Waals surface area (Å²) >= 11 is 0. The number of unbranched alkanes of at least 4 members (excludes halogenated alkanes) is 14. The van der Waals surface area contributed by atoms with E-state index in [1.807, 2.05) is 0 Å². The Morgan fingerprint density at radius 2 is 1.35 bits per heavy atom. The van der Waals surface area contributed by atoms with Crippen LogP contribution >= 0.6 is 0 Å². The molecule has 184 valence electrons. The van der Waals surface area contributed by atoms with Gasteiger partial charge in [-0.05, 0) is 32.1 Å². The van der Waals surface area contributed by atoms with Gasteiger partial charge in [0.05, 0.1) is 13.2 Å². The van der Waals surface area contributed by atoms with Crippen LogP contribution in [0.15, 0.2) is 12.2 Å². The van der Waals surface area contributed by atoms with Crippen LogP contribution in [0.4, 0.5) is 0 Å². The fourth-order valence-corrected chi connectivity index (χ4v) is 4.14. The lowest BCUT2D eigenvalue weighted by Gasteiger charge is -2.20. The second kappa shape index (κ2) is 20.2. The van der Waals surface area contributed by atoms with Crippen molar-refractivity contribution < 1.29 is 24.8 Å². The summed E-state index contributed by atoms with van der Waals surface area (Å²) in [6.07, 6.45) is 22.4. The minimum Gasteiger partial charge on any atom is -0.394 e. The molecule has 0 aliphatic carbocycles. The molecule has 0 aromatic carbocycles. The summed E-state index contributed by atoms with van der Waals surface area (Å²) in [5.41, 5.74) is 0. The van der Waals surface area contributed by atoms with E-state index in [9.17, 15) is 10.2 Å².